The molecule has 0 aliphatic heterocycles. The molecule has 1 aromatic carbocycles. The summed E-state index contributed by atoms with van der Waals surface area (Å²) in [5.41, 5.74) is 0.713. The molecule has 22 heavy (non-hydrogen) atoms. The van der Waals surface area contributed by atoms with Gasteiger partial charge in [-0.25, -0.2) is 9.97 Å². The highest BCUT2D eigenvalue weighted by molar-refractivity contribution is 7.99. The van der Waals surface area contributed by atoms with Gasteiger partial charge in [0.15, 0.2) is 5.03 Å². The first-order valence-electron chi connectivity index (χ1n) is 6.78. The van der Waals surface area contributed by atoms with Crippen molar-refractivity contribution in [3.8, 4) is 0 Å². The minimum absolute atomic E-state index is 0.0944. The van der Waals surface area contributed by atoms with Crippen molar-refractivity contribution in [1.82, 2.24) is 9.97 Å². The van der Waals surface area contributed by atoms with Crippen LogP contribution in [0.15, 0.2) is 40.5 Å². The SMILES string of the molecule is Cc1ccc(Sc2ncnc(NC(C)(C)C)c2[N+](=O)[O-])cc1. The predicted octanol–water partition coefficient (Wildman–Crippen LogP) is 4.05. The van der Waals surface area contributed by atoms with Gasteiger partial charge in [0, 0.05) is 10.4 Å². The zero-order valence-corrected chi connectivity index (χ0v) is 13.8. The highest BCUT2D eigenvalue weighted by Crippen LogP contribution is 2.37. The van der Waals surface area contributed by atoms with E-state index >= 15 is 0 Å². The maximum Gasteiger partial charge on any atom is 0.343 e. The molecule has 1 aromatic heterocycles. The van der Waals surface area contributed by atoms with Crippen LogP contribution in [0.25, 0.3) is 0 Å². The van der Waals surface area contributed by atoms with Gasteiger partial charge < -0.3 is 5.32 Å². The number of nitro groups is 1. The Morgan fingerprint density at radius 3 is 2.36 bits per heavy atom. The van der Waals surface area contributed by atoms with Crippen molar-refractivity contribution >= 4 is 23.3 Å². The molecule has 0 radical (unpaired) electrons. The second kappa shape index (κ2) is 6.31. The van der Waals surface area contributed by atoms with E-state index in [1.807, 2.05) is 52.0 Å². The number of aryl methyl sites for hydroxylation is 1. The van der Waals surface area contributed by atoms with E-state index in [2.05, 4.69) is 15.3 Å². The second-order valence-corrected chi connectivity index (χ2v) is 6.99. The first kappa shape index (κ1) is 16.2. The van der Waals surface area contributed by atoms with Gasteiger partial charge in [0.05, 0.1) is 4.92 Å². The zero-order chi connectivity index (χ0) is 16.3. The molecule has 1 N–H and O–H groups in total. The smallest absolute Gasteiger partial charge is 0.343 e. The number of rotatable bonds is 4. The minimum atomic E-state index is -0.440. The number of nitrogens with zero attached hydrogens (tertiary/aromatic N) is 3. The van der Waals surface area contributed by atoms with Crippen molar-refractivity contribution in [3.63, 3.8) is 0 Å². The second-order valence-electron chi connectivity index (χ2n) is 5.92. The summed E-state index contributed by atoms with van der Waals surface area (Å²) in [4.78, 5) is 20.0. The fourth-order valence-electron chi connectivity index (χ4n) is 1.77. The van der Waals surface area contributed by atoms with E-state index < -0.39 is 4.92 Å². The lowest BCUT2D eigenvalue weighted by Gasteiger charge is -2.21. The Hall–Kier alpha value is -2.15. The molecule has 0 atom stereocenters. The van der Waals surface area contributed by atoms with Crippen LogP contribution in [0.5, 0.6) is 0 Å². The van der Waals surface area contributed by atoms with E-state index in [9.17, 15) is 10.1 Å². The van der Waals surface area contributed by atoms with Crippen LogP contribution in [0.2, 0.25) is 0 Å². The zero-order valence-electron chi connectivity index (χ0n) is 13.0. The number of hydrogen-bond donors (Lipinski definition) is 1. The van der Waals surface area contributed by atoms with Crippen LogP contribution >= 0.6 is 11.8 Å². The maximum absolute atomic E-state index is 11.4. The molecular weight excluding hydrogens is 300 g/mol. The summed E-state index contributed by atoms with van der Waals surface area (Å²) in [5.74, 6) is 0.238. The van der Waals surface area contributed by atoms with Gasteiger partial charge in [0.2, 0.25) is 5.82 Å². The van der Waals surface area contributed by atoms with E-state index in [-0.39, 0.29) is 17.0 Å². The number of hydrogen-bond acceptors (Lipinski definition) is 6. The van der Waals surface area contributed by atoms with Gasteiger partial charge in [-0.1, -0.05) is 29.5 Å². The third kappa shape index (κ3) is 4.17. The highest BCUT2D eigenvalue weighted by atomic mass is 32.2. The van der Waals surface area contributed by atoms with Crippen LogP contribution in [-0.4, -0.2) is 20.4 Å². The number of nitrogens with one attached hydrogen (secondary N) is 1. The molecule has 0 saturated heterocycles. The monoisotopic (exact) mass is 318 g/mol. The van der Waals surface area contributed by atoms with Crippen molar-refractivity contribution < 1.29 is 4.92 Å². The Kier molecular flexibility index (Phi) is 4.65. The van der Waals surface area contributed by atoms with Gasteiger partial charge in [-0.3, -0.25) is 10.1 Å². The first-order valence-corrected chi connectivity index (χ1v) is 7.60. The van der Waals surface area contributed by atoms with Crippen LogP contribution in [0.1, 0.15) is 26.3 Å². The van der Waals surface area contributed by atoms with Crippen molar-refractivity contribution in [2.45, 2.75) is 43.2 Å². The molecule has 0 fully saturated rings. The molecule has 0 bridgehead atoms. The lowest BCUT2D eigenvalue weighted by molar-refractivity contribution is -0.387. The molecule has 0 saturated carbocycles. The van der Waals surface area contributed by atoms with Gasteiger partial charge in [-0.05, 0) is 39.8 Å². The quantitative estimate of drug-likeness (QED) is 0.520. The lowest BCUT2D eigenvalue weighted by atomic mass is 10.1. The van der Waals surface area contributed by atoms with Crippen LogP contribution < -0.4 is 5.32 Å². The maximum atomic E-state index is 11.4. The third-order valence-corrected chi connectivity index (χ3v) is 3.70. The van der Waals surface area contributed by atoms with E-state index in [0.717, 1.165) is 10.5 Å². The Morgan fingerprint density at radius 2 is 1.82 bits per heavy atom. The molecular formula is C15H18N4O2S. The normalized spacial score (nSPS) is 11.3. The van der Waals surface area contributed by atoms with Crippen molar-refractivity contribution in [2.75, 3.05) is 5.32 Å². The van der Waals surface area contributed by atoms with E-state index in [4.69, 9.17) is 0 Å². The van der Waals surface area contributed by atoms with Crippen LogP contribution in [0.4, 0.5) is 11.5 Å². The lowest BCUT2D eigenvalue weighted by Crippen LogP contribution is -2.27. The summed E-state index contributed by atoms with van der Waals surface area (Å²) in [6, 6.07) is 7.76. The Bertz CT molecular complexity index is 681. The summed E-state index contributed by atoms with van der Waals surface area (Å²) in [7, 11) is 0. The fraction of sp³-hybridized carbons (Fsp3) is 0.333. The molecule has 116 valence electrons. The van der Waals surface area contributed by atoms with Crippen molar-refractivity contribution in [2.24, 2.45) is 0 Å². The summed E-state index contributed by atoms with van der Waals surface area (Å²) in [5, 5.41) is 14.8. The molecule has 0 aliphatic rings. The summed E-state index contributed by atoms with van der Waals surface area (Å²) < 4.78 is 0. The molecule has 2 aromatic rings. The van der Waals surface area contributed by atoms with Gasteiger partial charge in [0.25, 0.3) is 0 Å². The average molecular weight is 318 g/mol. The van der Waals surface area contributed by atoms with Gasteiger partial charge >= 0.3 is 5.69 Å². The molecule has 0 unspecified atom stereocenters. The third-order valence-electron chi connectivity index (χ3n) is 2.70. The Labute approximate surface area is 133 Å². The Balaban J connectivity index is 2.40. The minimum Gasteiger partial charge on any atom is -0.360 e. The summed E-state index contributed by atoms with van der Waals surface area (Å²) >= 11 is 1.26. The van der Waals surface area contributed by atoms with Gasteiger partial charge in [-0.2, -0.15) is 0 Å². The van der Waals surface area contributed by atoms with Crippen molar-refractivity contribution in [1.29, 1.82) is 0 Å². The number of benzene rings is 1. The predicted molar refractivity (Wildman–Crippen MR) is 87.4 cm³/mol. The summed E-state index contributed by atoms with van der Waals surface area (Å²) in [6.45, 7) is 7.76. The van der Waals surface area contributed by atoms with Crippen LogP contribution in [0, 0.1) is 17.0 Å². The molecule has 1 heterocycles. The molecule has 0 aliphatic carbocycles. The van der Waals surface area contributed by atoms with Crippen molar-refractivity contribution in [3.05, 3.63) is 46.3 Å². The molecule has 2 rings (SSSR count). The molecule has 7 heteroatoms. The topological polar surface area (TPSA) is 81.0 Å². The van der Waals surface area contributed by atoms with Gasteiger partial charge in [0.1, 0.15) is 6.33 Å². The van der Waals surface area contributed by atoms with Crippen LogP contribution in [0.3, 0.4) is 0 Å². The van der Waals surface area contributed by atoms with E-state index in [0.29, 0.717) is 5.03 Å². The first-order chi connectivity index (χ1) is 10.3. The largest absolute Gasteiger partial charge is 0.360 e. The molecule has 0 amide bonds. The van der Waals surface area contributed by atoms with E-state index in [1.165, 1.54) is 18.1 Å². The number of anilines is 1. The molecule has 0 spiro atoms. The number of aromatic nitrogens is 2. The van der Waals surface area contributed by atoms with E-state index in [1.54, 1.807) is 0 Å². The van der Waals surface area contributed by atoms with Crippen LogP contribution in [-0.2, 0) is 0 Å². The fourth-order valence-corrected chi connectivity index (χ4v) is 2.63. The Morgan fingerprint density at radius 1 is 1.18 bits per heavy atom. The van der Waals surface area contributed by atoms with Gasteiger partial charge in [-0.15, -0.1) is 0 Å². The summed E-state index contributed by atoms with van der Waals surface area (Å²) in [6.07, 6.45) is 1.34. The average Bonchev–Trinajstić information content (AvgIpc) is 2.39. The highest BCUT2D eigenvalue weighted by Gasteiger charge is 2.26. The molecule has 6 nitrogen and oxygen atoms in total. The standard InChI is InChI=1S/C15H18N4O2S/c1-10-5-7-11(8-6-10)22-14-12(19(20)21)13(16-9-17-14)18-15(2,3)4/h5-9H,1-4H3,(H,16,17,18).